The second-order valence-corrected chi connectivity index (χ2v) is 4.62. The monoisotopic (exact) mass is 283 g/mol. The first kappa shape index (κ1) is 14.2. The molecule has 5 nitrogen and oxygen atoms in total. The van der Waals surface area contributed by atoms with Gasteiger partial charge < -0.3 is 10.1 Å². The third-order valence-corrected chi connectivity index (χ3v) is 2.59. The van der Waals surface area contributed by atoms with Gasteiger partial charge in [-0.3, -0.25) is 10.1 Å². The lowest BCUT2D eigenvalue weighted by Gasteiger charge is -2.07. The number of carbonyl (C=O) groups is 1. The van der Waals surface area contributed by atoms with Crippen LogP contribution in [-0.2, 0) is 4.79 Å². The fraction of sp³-hybridized carbons (Fsp3) is 0.385. The van der Waals surface area contributed by atoms with Gasteiger partial charge in [0.2, 0.25) is 0 Å². The van der Waals surface area contributed by atoms with Crippen LogP contribution in [0.3, 0.4) is 0 Å². The standard InChI is InChI=1S/C13H15F2N3O2/c1-7(2)16-13-17-10(11(19)18-13)8-3-5-9(6-4-8)20-12(14)15/h3-7,10,12H,1-2H3,(H2,16,17,18,19). The SMILES string of the molecule is CC(C)NC1=NC(c2ccc(OC(F)F)cc2)C(=O)N1. The Hall–Kier alpha value is -2.18. The number of carbonyl (C=O) groups excluding carboxylic acids is 1. The maximum atomic E-state index is 12.0. The van der Waals surface area contributed by atoms with Gasteiger partial charge in [-0.25, -0.2) is 4.99 Å². The summed E-state index contributed by atoms with van der Waals surface area (Å²) in [6.45, 7) is 0.993. The van der Waals surface area contributed by atoms with Crippen LogP contribution in [0.4, 0.5) is 8.78 Å². The molecule has 7 heteroatoms. The van der Waals surface area contributed by atoms with Crippen LogP contribution >= 0.6 is 0 Å². The summed E-state index contributed by atoms with van der Waals surface area (Å²) in [5.74, 6) is 0.213. The molecule has 2 rings (SSSR count). The van der Waals surface area contributed by atoms with Gasteiger partial charge >= 0.3 is 6.61 Å². The highest BCUT2D eigenvalue weighted by Crippen LogP contribution is 2.24. The molecule has 0 aliphatic carbocycles. The van der Waals surface area contributed by atoms with Gasteiger partial charge in [-0.15, -0.1) is 0 Å². The van der Waals surface area contributed by atoms with E-state index in [1.165, 1.54) is 12.1 Å². The molecule has 1 aliphatic rings. The van der Waals surface area contributed by atoms with E-state index in [-0.39, 0.29) is 17.7 Å². The van der Waals surface area contributed by atoms with Crippen molar-refractivity contribution in [1.29, 1.82) is 0 Å². The Morgan fingerprint density at radius 1 is 1.30 bits per heavy atom. The quantitative estimate of drug-likeness (QED) is 0.886. The Morgan fingerprint density at radius 3 is 2.50 bits per heavy atom. The number of hydrogen-bond acceptors (Lipinski definition) is 4. The van der Waals surface area contributed by atoms with Crippen molar-refractivity contribution in [3.05, 3.63) is 29.8 Å². The van der Waals surface area contributed by atoms with Gasteiger partial charge in [-0.2, -0.15) is 8.78 Å². The number of hydrogen-bond donors (Lipinski definition) is 2. The lowest BCUT2D eigenvalue weighted by atomic mass is 10.1. The molecule has 1 atom stereocenters. The van der Waals surface area contributed by atoms with Crippen LogP contribution < -0.4 is 15.4 Å². The molecule has 0 spiro atoms. The highest BCUT2D eigenvalue weighted by atomic mass is 19.3. The summed E-state index contributed by atoms with van der Waals surface area (Å²) in [7, 11) is 0. The van der Waals surface area contributed by atoms with Crippen molar-refractivity contribution in [2.75, 3.05) is 0 Å². The van der Waals surface area contributed by atoms with Crippen molar-refractivity contribution in [2.45, 2.75) is 32.5 Å². The zero-order valence-electron chi connectivity index (χ0n) is 11.1. The normalized spacial score (nSPS) is 18.2. The lowest BCUT2D eigenvalue weighted by molar-refractivity contribution is -0.120. The number of guanidine groups is 1. The van der Waals surface area contributed by atoms with Gasteiger partial charge in [0.25, 0.3) is 5.91 Å². The molecule has 0 fully saturated rings. The lowest BCUT2D eigenvalue weighted by Crippen LogP contribution is -2.40. The van der Waals surface area contributed by atoms with E-state index in [9.17, 15) is 13.6 Å². The number of nitrogens with zero attached hydrogens (tertiary/aromatic N) is 1. The molecule has 0 saturated carbocycles. The Kier molecular flexibility index (Phi) is 4.16. The van der Waals surface area contributed by atoms with Crippen molar-refractivity contribution in [1.82, 2.24) is 10.6 Å². The van der Waals surface area contributed by atoms with Gasteiger partial charge in [0.15, 0.2) is 12.0 Å². The smallest absolute Gasteiger partial charge is 0.387 e. The summed E-state index contributed by atoms with van der Waals surface area (Å²) in [5, 5.41) is 5.63. The summed E-state index contributed by atoms with van der Waals surface area (Å²) in [5.41, 5.74) is 0.615. The third kappa shape index (κ3) is 3.43. The fourth-order valence-electron chi connectivity index (χ4n) is 1.81. The molecule has 108 valence electrons. The number of rotatable bonds is 4. The Morgan fingerprint density at radius 2 is 1.95 bits per heavy atom. The molecular formula is C13H15F2N3O2. The van der Waals surface area contributed by atoms with E-state index in [1.807, 2.05) is 13.8 Å². The second-order valence-electron chi connectivity index (χ2n) is 4.62. The molecule has 0 saturated heterocycles. The summed E-state index contributed by atoms with van der Waals surface area (Å²) in [4.78, 5) is 16.0. The van der Waals surface area contributed by atoms with Crippen LogP contribution in [0.5, 0.6) is 5.75 Å². The largest absolute Gasteiger partial charge is 0.435 e. The molecule has 1 unspecified atom stereocenters. The topological polar surface area (TPSA) is 62.7 Å². The summed E-state index contributed by atoms with van der Waals surface area (Å²) in [6.07, 6.45) is 0. The molecule has 20 heavy (non-hydrogen) atoms. The van der Waals surface area contributed by atoms with E-state index in [0.717, 1.165) is 0 Å². The van der Waals surface area contributed by atoms with Crippen molar-refractivity contribution >= 4 is 11.9 Å². The highest BCUT2D eigenvalue weighted by Gasteiger charge is 2.28. The fourth-order valence-corrected chi connectivity index (χ4v) is 1.81. The molecule has 1 heterocycles. The minimum Gasteiger partial charge on any atom is -0.435 e. The predicted molar refractivity (Wildman–Crippen MR) is 69.7 cm³/mol. The van der Waals surface area contributed by atoms with Crippen LogP contribution in [0.1, 0.15) is 25.5 Å². The molecule has 0 aromatic heterocycles. The van der Waals surface area contributed by atoms with Crippen molar-refractivity contribution in [3.8, 4) is 5.75 Å². The highest BCUT2D eigenvalue weighted by molar-refractivity contribution is 6.05. The van der Waals surface area contributed by atoms with Crippen LogP contribution in [0, 0.1) is 0 Å². The minimum atomic E-state index is -2.87. The van der Waals surface area contributed by atoms with Crippen molar-refractivity contribution in [3.63, 3.8) is 0 Å². The zero-order chi connectivity index (χ0) is 14.7. The first-order valence-electron chi connectivity index (χ1n) is 6.15. The molecule has 2 N–H and O–H groups in total. The molecule has 1 aromatic carbocycles. The summed E-state index contributed by atoms with van der Waals surface area (Å²) in [6, 6.07) is 5.34. The number of benzene rings is 1. The molecule has 0 bridgehead atoms. The number of halogens is 2. The predicted octanol–water partition coefficient (Wildman–Crippen LogP) is 1.81. The van der Waals surface area contributed by atoms with Crippen LogP contribution in [0.2, 0.25) is 0 Å². The van der Waals surface area contributed by atoms with E-state index in [0.29, 0.717) is 11.5 Å². The van der Waals surface area contributed by atoms with E-state index >= 15 is 0 Å². The van der Waals surface area contributed by atoms with Crippen LogP contribution in [0.15, 0.2) is 29.3 Å². The van der Waals surface area contributed by atoms with Gasteiger partial charge in [0.1, 0.15) is 5.75 Å². The molecule has 0 radical (unpaired) electrons. The first-order chi connectivity index (χ1) is 9.45. The zero-order valence-corrected chi connectivity index (χ0v) is 11.1. The van der Waals surface area contributed by atoms with Crippen molar-refractivity contribution in [2.24, 2.45) is 4.99 Å². The summed E-state index contributed by atoms with van der Waals surface area (Å²) < 4.78 is 28.3. The Balaban J connectivity index is 2.11. The number of ether oxygens (including phenoxy) is 1. The maximum Gasteiger partial charge on any atom is 0.387 e. The number of nitrogens with one attached hydrogen (secondary N) is 2. The molecule has 1 aliphatic heterocycles. The van der Waals surface area contributed by atoms with Gasteiger partial charge in [0.05, 0.1) is 0 Å². The average Bonchev–Trinajstić information content (AvgIpc) is 2.69. The Labute approximate surface area is 115 Å². The summed E-state index contributed by atoms with van der Waals surface area (Å²) >= 11 is 0. The van der Waals surface area contributed by atoms with E-state index in [4.69, 9.17) is 0 Å². The second kappa shape index (κ2) is 5.85. The Bertz CT molecular complexity index is 515. The average molecular weight is 283 g/mol. The number of alkyl halides is 2. The van der Waals surface area contributed by atoms with Crippen LogP contribution in [-0.4, -0.2) is 24.5 Å². The number of amides is 1. The van der Waals surface area contributed by atoms with Gasteiger partial charge in [-0.1, -0.05) is 12.1 Å². The van der Waals surface area contributed by atoms with Gasteiger partial charge in [0, 0.05) is 6.04 Å². The molecule has 1 aromatic rings. The third-order valence-electron chi connectivity index (χ3n) is 2.59. The minimum absolute atomic E-state index is 0.0478. The van der Waals surface area contributed by atoms with E-state index in [1.54, 1.807) is 12.1 Å². The number of aliphatic imine (C=N–C) groups is 1. The molecular weight excluding hydrogens is 268 g/mol. The maximum absolute atomic E-state index is 12.0. The molecule has 1 amide bonds. The first-order valence-corrected chi connectivity index (χ1v) is 6.15. The van der Waals surface area contributed by atoms with Crippen molar-refractivity contribution < 1.29 is 18.3 Å². The van der Waals surface area contributed by atoms with E-state index < -0.39 is 12.7 Å². The van der Waals surface area contributed by atoms with Crippen LogP contribution in [0.25, 0.3) is 0 Å². The van der Waals surface area contributed by atoms with Gasteiger partial charge in [-0.05, 0) is 31.5 Å². The van der Waals surface area contributed by atoms with E-state index in [2.05, 4.69) is 20.4 Å².